The van der Waals surface area contributed by atoms with E-state index in [4.69, 9.17) is 17.2 Å². The summed E-state index contributed by atoms with van der Waals surface area (Å²) in [5.41, 5.74) is 18.0. The molecule has 4 aliphatic rings. The van der Waals surface area contributed by atoms with Crippen LogP contribution in [0.2, 0.25) is 0 Å². The highest BCUT2D eigenvalue weighted by Crippen LogP contribution is 2.25. The van der Waals surface area contributed by atoms with Crippen molar-refractivity contribution < 1.29 is 142 Å². The predicted octanol–water partition coefficient (Wildman–Crippen LogP) is -8.87. The molecule has 4 bridgehead atoms. The molecule has 804 valence electrons. The second kappa shape index (κ2) is 58.8. The number of aliphatic carboxylic acids is 1. The van der Waals surface area contributed by atoms with Crippen LogP contribution in [-0.4, -0.2) is 380 Å². The van der Waals surface area contributed by atoms with E-state index in [1.807, 2.05) is 0 Å². The summed E-state index contributed by atoms with van der Waals surface area (Å²) in [6.07, 6.45) is -7.50. The lowest BCUT2D eigenvalue weighted by Gasteiger charge is -2.42. The van der Waals surface area contributed by atoms with Crippen molar-refractivity contribution in [3.8, 4) is 17.2 Å². The van der Waals surface area contributed by atoms with E-state index in [-0.39, 0.29) is 109 Å². The number of primary amides is 1. The molecule has 3 aromatic carbocycles. The normalized spacial score (nSPS) is 26.0. The minimum Gasteiger partial charge on any atom is -0.508 e. The molecule has 3 aromatic rings. The first-order chi connectivity index (χ1) is 69.1. The average Bonchev–Trinajstić information content (AvgIpc) is 1.71. The molecular weight excluding hydrogens is 1970 g/mol. The number of thioether (sulfide) groups is 3. The van der Waals surface area contributed by atoms with Gasteiger partial charge in [0.05, 0.1) is 57.9 Å². The number of carbonyl (C=O) groups is 21. The molecule has 4 heterocycles. The quantitative estimate of drug-likeness (QED) is 0.0392. The molecule has 54 heteroatoms. The monoisotopic (exact) mass is 2110 g/mol. The Kier molecular flexibility index (Phi) is 48.2. The van der Waals surface area contributed by atoms with Crippen molar-refractivity contribution in [2.24, 2.45) is 23.1 Å². The van der Waals surface area contributed by atoms with Crippen LogP contribution in [0.25, 0.3) is 0 Å². The third-order valence-corrected chi connectivity index (χ3v) is 27.3. The number of carboxylic acids is 1. The minimum absolute atomic E-state index is 0.0723. The van der Waals surface area contributed by atoms with Gasteiger partial charge in [-0.3, -0.25) is 101 Å². The van der Waals surface area contributed by atoms with Crippen LogP contribution in [0.15, 0.2) is 72.8 Å². The lowest BCUT2D eigenvalue weighted by atomic mass is 9.97. The van der Waals surface area contributed by atoms with Gasteiger partial charge in [-0.05, 0) is 132 Å². The Hall–Kier alpha value is -13.3. The number of phenolic OH excluding ortho intramolecular Hbond substituents is 3. The summed E-state index contributed by atoms with van der Waals surface area (Å²) in [5.74, 6) is -26.9. The predicted molar refractivity (Wildman–Crippen MR) is 526 cm³/mol. The number of nitrogens with one attached hydrogen (secondary N) is 15. The molecule has 4 aliphatic heterocycles. The highest BCUT2D eigenvalue weighted by atomic mass is 32.2. The van der Waals surface area contributed by atoms with Gasteiger partial charge in [-0.2, -0.15) is 35.3 Å². The van der Waals surface area contributed by atoms with Crippen LogP contribution in [-0.2, 0) is 120 Å². The first kappa shape index (κ1) is 120. The molecule has 0 aromatic heterocycles. The van der Waals surface area contributed by atoms with Gasteiger partial charge in [0.1, 0.15) is 114 Å². The van der Waals surface area contributed by atoms with Crippen molar-refractivity contribution in [2.45, 2.75) is 247 Å². The molecule has 4 saturated heterocycles. The standard InChI is InChI=1S/C92H134N22O29S3/c1-8-46(2)73-89(140)107-66(85(136)96-48(4)76(95)127)41-145-32-27-70(123)112-43-111-44-113(45-112)71(124)28-33-146-42-67(105-77(128)47(3)94)87(138)103-63(38-115)83(134)98-58(12-9-10-29-93)79(130)109-74(50(6)117)90(141)104-64(39-116)84(135)100-59(34-52-14-20-55(119)21-15-52)80(131)99-60(35-53-16-22-56(120)23-17-53)81(132)106-65(40-144-31-26-69(111)122)86(137)97-49(5)78(129)102-62(36-54-18-24-57(121)25-19-54)92(143)114-30-11-13-68(114)88(139)101-61(37-72(125)126)82(133)110-75(51(7)118)91(142)108-73/h14-25,46-51,58-68,73-75,115-121H,8-13,26-45,93-94H2,1-7H3,(H2,95,127)(H,96,136)(H,97,137)(H,98,134)(H,99,131)(H,100,135)(H,101,139)(H,102,129)(H,103,138)(H,104,141)(H,105,128)(H,106,132)(H,107,140)(H,108,142)(H,109,130)(H,110,133)(H,125,126)/t46-,47-,48-,49-,50-,51+,58-,59-,60-,61-,62-,63-,64-,65-,66-,67-,68-,73-,74-,75-/m0/s1. The van der Waals surface area contributed by atoms with Gasteiger partial charge in [-0.25, -0.2) is 0 Å². The van der Waals surface area contributed by atoms with E-state index in [1.165, 1.54) is 100 Å². The summed E-state index contributed by atoms with van der Waals surface area (Å²) < 4.78 is 0. The molecule has 20 atom stereocenters. The summed E-state index contributed by atoms with van der Waals surface area (Å²) in [4.78, 5) is 308. The zero-order chi connectivity index (χ0) is 108. The Bertz CT molecular complexity index is 5090. The largest absolute Gasteiger partial charge is 0.508 e. The van der Waals surface area contributed by atoms with Crippen molar-refractivity contribution in [2.75, 3.05) is 80.8 Å². The number of aliphatic hydroxyl groups is 4. The number of hydrogen-bond acceptors (Lipinski definition) is 33. The smallest absolute Gasteiger partial charge is 0.305 e. The lowest BCUT2D eigenvalue weighted by Crippen LogP contribution is -2.63. The summed E-state index contributed by atoms with van der Waals surface area (Å²) in [7, 11) is 0. The van der Waals surface area contributed by atoms with E-state index >= 15 is 19.2 Å². The number of rotatable bonds is 23. The van der Waals surface area contributed by atoms with E-state index in [1.54, 1.807) is 6.92 Å². The Balaban J connectivity index is 1.38. The van der Waals surface area contributed by atoms with E-state index in [2.05, 4.69) is 79.8 Å². The number of hydrogen-bond donors (Lipinski definition) is 26. The Labute approximate surface area is 853 Å². The molecule has 4 fully saturated rings. The molecule has 0 radical (unpaired) electrons. The highest BCUT2D eigenvalue weighted by molar-refractivity contribution is 7.99. The third kappa shape index (κ3) is 37.3. The van der Waals surface area contributed by atoms with Gasteiger partial charge < -0.3 is 157 Å². The van der Waals surface area contributed by atoms with Gasteiger partial charge >= 0.3 is 5.97 Å². The molecule has 146 heavy (non-hydrogen) atoms. The lowest BCUT2D eigenvalue weighted by molar-refractivity contribution is -0.158. The Morgan fingerprint density at radius 3 is 1.33 bits per heavy atom. The number of aliphatic hydroxyl groups excluding tert-OH is 4. The van der Waals surface area contributed by atoms with E-state index < -0.39 is 335 Å². The van der Waals surface area contributed by atoms with Crippen molar-refractivity contribution >= 4 is 159 Å². The number of nitrogens with zero attached hydrogens (tertiary/aromatic N) is 4. The number of nitrogens with two attached hydrogens (primary N) is 3. The van der Waals surface area contributed by atoms with Crippen LogP contribution in [0.4, 0.5) is 0 Å². The number of unbranched alkanes of at least 4 members (excludes halogenated alkanes) is 1. The number of amides is 20. The summed E-state index contributed by atoms with van der Waals surface area (Å²) in [5, 5.41) is 122. The summed E-state index contributed by atoms with van der Waals surface area (Å²) in [6, 6.07) is -14.2. The number of carbonyl (C=O) groups excluding carboxylic acids is 20. The van der Waals surface area contributed by atoms with E-state index in [9.17, 15) is 122 Å². The number of carboxylic acid groups (broad SMARTS) is 1. The molecule has 20 amide bonds. The van der Waals surface area contributed by atoms with Crippen LogP contribution in [0.5, 0.6) is 17.2 Å². The van der Waals surface area contributed by atoms with Crippen molar-refractivity contribution in [1.29, 1.82) is 0 Å². The molecule has 0 saturated carbocycles. The maximum atomic E-state index is 15.5. The van der Waals surface area contributed by atoms with E-state index in [0.717, 1.165) is 68.7 Å². The first-order valence-corrected chi connectivity index (χ1v) is 50.9. The minimum atomic E-state index is -2.08. The number of benzene rings is 3. The molecule has 0 aliphatic carbocycles. The molecule has 0 unspecified atom stereocenters. The number of fused-ring (bicyclic) bond motifs is 8. The summed E-state index contributed by atoms with van der Waals surface area (Å²) >= 11 is 2.63. The number of phenols is 3. The topological polar surface area (TPSA) is 792 Å². The van der Waals surface area contributed by atoms with Crippen LogP contribution >= 0.6 is 35.3 Å². The average molecular weight is 2110 g/mol. The third-order valence-electron chi connectivity index (χ3n) is 24.2. The molecule has 29 N–H and O–H groups in total. The van der Waals surface area contributed by atoms with Gasteiger partial charge in [-0.15, -0.1) is 0 Å². The fourth-order valence-corrected chi connectivity index (χ4v) is 18.2. The zero-order valence-electron chi connectivity index (χ0n) is 81.8. The van der Waals surface area contributed by atoms with Crippen molar-refractivity contribution in [3.05, 3.63) is 89.5 Å². The second-order valence-electron chi connectivity index (χ2n) is 35.8. The van der Waals surface area contributed by atoms with Crippen molar-refractivity contribution in [3.63, 3.8) is 0 Å². The fraction of sp³-hybridized carbons (Fsp3) is 0.576. The van der Waals surface area contributed by atoms with Gasteiger partial charge in [0.25, 0.3) is 0 Å². The summed E-state index contributed by atoms with van der Waals surface area (Å²) in [6.45, 7) is 4.85. The van der Waals surface area contributed by atoms with E-state index in [0.29, 0.717) is 0 Å². The maximum absolute atomic E-state index is 15.5. The molecular formula is C92H134N22O29S3. The Morgan fingerprint density at radius 2 is 0.870 bits per heavy atom. The van der Waals surface area contributed by atoms with Gasteiger partial charge in [-0.1, -0.05) is 56.7 Å². The molecule has 7 rings (SSSR count). The highest BCUT2D eigenvalue weighted by Gasteiger charge is 2.45. The second-order valence-corrected chi connectivity index (χ2v) is 39.3. The Morgan fingerprint density at radius 1 is 0.466 bits per heavy atom. The van der Waals surface area contributed by atoms with Crippen LogP contribution < -0.4 is 97.0 Å². The van der Waals surface area contributed by atoms with Crippen LogP contribution in [0.3, 0.4) is 0 Å². The maximum Gasteiger partial charge on any atom is 0.305 e. The molecule has 0 spiro atoms. The van der Waals surface area contributed by atoms with Crippen LogP contribution in [0, 0.1) is 5.92 Å². The van der Waals surface area contributed by atoms with Gasteiger partial charge in [0.2, 0.25) is 118 Å². The van der Waals surface area contributed by atoms with Crippen LogP contribution in [0.1, 0.15) is 129 Å². The first-order valence-electron chi connectivity index (χ1n) is 47.5. The van der Waals surface area contributed by atoms with Gasteiger partial charge in [0, 0.05) is 79.6 Å². The fourth-order valence-electron chi connectivity index (χ4n) is 15.4. The number of aromatic hydroxyl groups is 3. The van der Waals surface area contributed by atoms with Gasteiger partial charge in [0.15, 0.2) is 0 Å². The zero-order valence-corrected chi connectivity index (χ0v) is 84.2. The SMILES string of the molecule is CC[C@H](C)[C@@H]1NC(=O)[C@H]([C@@H](C)O)NC(=O)[C@H](CC(=O)O)NC(=O)[C@@H]2CCCN2C(=O)[C@H](Cc2ccc(O)cc2)NC(=O)[C@H](C)NC(=O)[C@@H]2CSCCC(=O)N3CN(CN(C3)C(=O)CCSC[C@@H](C(=O)N[C@@H](C)C(N)=O)NC1=O)C(=O)CCSC[C@H](NC(=O)[C@H](C)N)C(=O)N[C@@H](CO)C(=O)N[C@@H](CCCCN)C(=O)N[C@@H]([C@H](C)O)C(=O)N[C@@H](CO)C(=O)N[C@@H](Cc1ccc(O)cc1)C(=O)N[C@@H](Cc1ccc(O)cc1)C(=O)N2. The molecule has 51 nitrogen and oxygen atoms in total. The van der Waals surface area contributed by atoms with Crippen molar-refractivity contribution in [1.82, 2.24) is 99.4 Å².